The van der Waals surface area contributed by atoms with Gasteiger partial charge in [-0.15, -0.1) is 24.0 Å². The van der Waals surface area contributed by atoms with E-state index in [2.05, 4.69) is 44.8 Å². The molecule has 1 aromatic heterocycles. The molecule has 3 rings (SSSR count). The molecule has 2 aromatic rings. The van der Waals surface area contributed by atoms with Crippen LogP contribution in [0.4, 0.5) is 0 Å². The first kappa shape index (κ1) is 19.7. The second-order valence-corrected chi connectivity index (χ2v) is 6.49. The maximum atomic E-state index is 4.33. The van der Waals surface area contributed by atoms with Crippen LogP contribution in [0.5, 0.6) is 0 Å². The molecule has 0 saturated heterocycles. The monoisotopic (exact) mass is 454 g/mol. The summed E-state index contributed by atoms with van der Waals surface area (Å²) in [5, 5.41) is 11.0. The molecule has 0 amide bonds. The van der Waals surface area contributed by atoms with Crippen LogP contribution in [0, 0.1) is 5.41 Å². The number of hydrogen-bond acceptors (Lipinski definition) is 3. The largest absolute Gasteiger partial charge is 0.356 e. The second-order valence-electron chi connectivity index (χ2n) is 6.49. The van der Waals surface area contributed by atoms with Crippen LogP contribution >= 0.6 is 24.0 Å². The maximum Gasteiger partial charge on any atom is 0.191 e. The molecule has 0 spiro atoms. The van der Waals surface area contributed by atoms with E-state index in [9.17, 15) is 0 Å². The standard InChI is InChI=1S/C18H26N6.HI/c1-3-18(9-4-10-18)12-22-17(19-2)21-11-15-5-7-16(8-6-15)24-14-20-13-23-24;/h5-8,13-14H,3-4,9-12H2,1-2H3,(H2,19,21,22);1H. The van der Waals surface area contributed by atoms with E-state index in [-0.39, 0.29) is 24.0 Å². The van der Waals surface area contributed by atoms with E-state index < -0.39 is 0 Å². The van der Waals surface area contributed by atoms with Crippen molar-refractivity contribution < 1.29 is 0 Å². The van der Waals surface area contributed by atoms with Crippen molar-refractivity contribution >= 4 is 29.9 Å². The summed E-state index contributed by atoms with van der Waals surface area (Å²) in [6.45, 7) is 4.04. The SMILES string of the molecule is CCC1(CNC(=NC)NCc2ccc(-n3cncn3)cc2)CCC1.I. The van der Waals surface area contributed by atoms with Gasteiger partial charge in [-0.2, -0.15) is 5.10 Å². The molecule has 6 nitrogen and oxygen atoms in total. The Kier molecular flexibility index (Phi) is 7.22. The Balaban J connectivity index is 0.00000225. The summed E-state index contributed by atoms with van der Waals surface area (Å²) < 4.78 is 1.75. The smallest absolute Gasteiger partial charge is 0.191 e. The lowest BCUT2D eigenvalue weighted by Crippen LogP contribution is -2.46. The van der Waals surface area contributed by atoms with Gasteiger partial charge in [-0.1, -0.05) is 25.5 Å². The van der Waals surface area contributed by atoms with Gasteiger partial charge in [0.05, 0.1) is 5.69 Å². The van der Waals surface area contributed by atoms with Crippen molar-refractivity contribution in [1.29, 1.82) is 0 Å². The molecule has 1 fully saturated rings. The molecule has 2 N–H and O–H groups in total. The molecule has 25 heavy (non-hydrogen) atoms. The minimum atomic E-state index is 0. The number of hydrogen-bond donors (Lipinski definition) is 2. The van der Waals surface area contributed by atoms with Crippen molar-refractivity contribution in [2.45, 2.75) is 39.2 Å². The first-order valence-corrected chi connectivity index (χ1v) is 8.63. The van der Waals surface area contributed by atoms with Crippen molar-refractivity contribution in [3.05, 3.63) is 42.5 Å². The Bertz CT molecular complexity index is 656. The van der Waals surface area contributed by atoms with Crippen LogP contribution < -0.4 is 10.6 Å². The van der Waals surface area contributed by atoms with Gasteiger partial charge in [-0.3, -0.25) is 4.99 Å². The van der Waals surface area contributed by atoms with Crippen molar-refractivity contribution in [2.75, 3.05) is 13.6 Å². The van der Waals surface area contributed by atoms with E-state index in [0.29, 0.717) is 5.41 Å². The fraction of sp³-hybridized carbons (Fsp3) is 0.500. The molecule has 0 radical (unpaired) electrons. The van der Waals surface area contributed by atoms with Gasteiger partial charge in [0.25, 0.3) is 0 Å². The van der Waals surface area contributed by atoms with Crippen LogP contribution in [0.3, 0.4) is 0 Å². The van der Waals surface area contributed by atoms with Crippen LogP contribution in [0.15, 0.2) is 41.9 Å². The van der Waals surface area contributed by atoms with Crippen LogP contribution in [0.25, 0.3) is 5.69 Å². The minimum Gasteiger partial charge on any atom is -0.356 e. The number of benzene rings is 1. The Morgan fingerprint density at radius 2 is 2.00 bits per heavy atom. The summed E-state index contributed by atoms with van der Waals surface area (Å²) in [6.07, 6.45) is 8.49. The van der Waals surface area contributed by atoms with E-state index in [1.807, 2.05) is 19.2 Å². The predicted molar refractivity (Wildman–Crippen MR) is 112 cm³/mol. The summed E-state index contributed by atoms with van der Waals surface area (Å²) in [5.41, 5.74) is 2.70. The average molecular weight is 454 g/mol. The number of nitrogens with one attached hydrogen (secondary N) is 2. The third-order valence-electron chi connectivity index (χ3n) is 5.10. The molecule has 136 valence electrons. The fourth-order valence-corrected chi connectivity index (χ4v) is 3.12. The highest BCUT2D eigenvalue weighted by Gasteiger charge is 2.34. The topological polar surface area (TPSA) is 67.1 Å². The molecule has 1 aromatic carbocycles. The summed E-state index contributed by atoms with van der Waals surface area (Å²) in [6, 6.07) is 8.28. The number of guanidine groups is 1. The van der Waals surface area contributed by atoms with Gasteiger partial charge in [0.2, 0.25) is 0 Å². The maximum absolute atomic E-state index is 4.33. The van der Waals surface area contributed by atoms with Crippen LogP contribution in [-0.2, 0) is 6.54 Å². The molecule has 1 aliphatic carbocycles. The number of rotatable bonds is 6. The van der Waals surface area contributed by atoms with Crippen molar-refractivity contribution in [3.63, 3.8) is 0 Å². The van der Waals surface area contributed by atoms with E-state index in [4.69, 9.17) is 0 Å². The lowest BCUT2D eigenvalue weighted by Gasteiger charge is -2.41. The first-order chi connectivity index (χ1) is 11.7. The van der Waals surface area contributed by atoms with Gasteiger partial charge in [0.15, 0.2) is 5.96 Å². The zero-order chi connectivity index (χ0) is 16.8. The number of halogens is 1. The predicted octanol–water partition coefficient (Wildman–Crippen LogP) is 3.13. The third kappa shape index (κ3) is 4.93. The molecule has 0 aliphatic heterocycles. The molecular formula is C18H27IN6. The zero-order valence-electron chi connectivity index (χ0n) is 14.9. The highest BCUT2D eigenvalue weighted by molar-refractivity contribution is 14.0. The molecule has 0 atom stereocenters. The number of aliphatic imine (C=N–C) groups is 1. The van der Waals surface area contributed by atoms with Crippen LogP contribution in [-0.4, -0.2) is 34.3 Å². The molecule has 7 heteroatoms. The average Bonchev–Trinajstić information content (AvgIpc) is 3.12. The summed E-state index contributed by atoms with van der Waals surface area (Å²) in [5.74, 6) is 0.870. The Morgan fingerprint density at radius 1 is 1.24 bits per heavy atom. The number of nitrogens with zero attached hydrogens (tertiary/aromatic N) is 4. The fourth-order valence-electron chi connectivity index (χ4n) is 3.12. The number of aromatic nitrogens is 3. The Hall–Kier alpha value is -1.64. The highest BCUT2D eigenvalue weighted by Crippen LogP contribution is 2.42. The van der Waals surface area contributed by atoms with E-state index >= 15 is 0 Å². The molecular weight excluding hydrogens is 427 g/mol. The lowest BCUT2D eigenvalue weighted by atomic mass is 9.67. The van der Waals surface area contributed by atoms with Gasteiger partial charge in [-0.25, -0.2) is 9.67 Å². The summed E-state index contributed by atoms with van der Waals surface area (Å²) >= 11 is 0. The van der Waals surface area contributed by atoms with Gasteiger partial charge in [0.1, 0.15) is 12.7 Å². The molecule has 1 aliphatic rings. The first-order valence-electron chi connectivity index (χ1n) is 8.63. The van der Waals surface area contributed by atoms with Crippen LogP contribution in [0.1, 0.15) is 38.2 Å². The normalized spacial score (nSPS) is 15.8. The van der Waals surface area contributed by atoms with Gasteiger partial charge >= 0.3 is 0 Å². The van der Waals surface area contributed by atoms with Gasteiger partial charge < -0.3 is 10.6 Å². The third-order valence-corrected chi connectivity index (χ3v) is 5.10. The lowest BCUT2D eigenvalue weighted by molar-refractivity contribution is 0.131. The summed E-state index contributed by atoms with van der Waals surface area (Å²) in [7, 11) is 1.82. The van der Waals surface area contributed by atoms with Crippen molar-refractivity contribution in [2.24, 2.45) is 10.4 Å². The van der Waals surface area contributed by atoms with E-state index in [1.165, 1.54) is 37.6 Å². The quantitative estimate of drug-likeness (QED) is 0.400. The Morgan fingerprint density at radius 3 is 2.52 bits per heavy atom. The Labute approximate surface area is 166 Å². The highest BCUT2D eigenvalue weighted by atomic mass is 127. The van der Waals surface area contributed by atoms with E-state index in [1.54, 1.807) is 11.0 Å². The molecule has 1 heterocycles. The van der Waals surface area contributed by atoms with E-state index in [0.717, 1.165) is 24.7 Å². The van der Waals surface area contributed by atoms with Crippen molar-refractivity contribution in [3.8, 4) is 5.69 Å². The molecule has 0 bridgehead atoms. The second kappa shape index (κ2) is 9.17. The van der Waals surface area contributed by atoms with Crippen molar-refractivity contribution in [1.82, 2.24) is 25.4 Å². The summed E-state index contributed by atoms with van der Waals surface area (Å²) in [4.78, 5) is 8.30. The minimum absolute atomic E-state index is 0. The molecule has 1 saturated carbocycles. The van der Waals surface area contributed by atoms with Gasteiger partial charge in [0, 0.05) is 20.1 Å². The van der Waals surface area contributed by atoms with Crippen LogP contribution in [0.2, 0.25) is 0 Å². The molecule has 0 unspecified atom stereocenters. The zero-order valence-corrected chi connectivity index (χ0v) is 17.2. The van der Waals surface area contributed by atoms with Gasteiger partial charge in [-0.05, 0) is 42.4 Å².